The van der Waals surface area contributed by atoms with Gasteiger partial charge in [0.2, 0.25) is 0 Å². The van der Waals surface area contributed by atoms with E-state index < -0.39 is 5.54 Å². The molecular formula is C13H25NO4. The third-order valence-electron chi connectivity index (χ3n) is 3.31. The molecule has 5 nitrogen and oxygen atoms in total. The van der Waals surface area contributed by atoms with Crippen molar-refractivity contribution in [2.75, 3.05) is 34.0 Å². The standard InChI is InChI=1S/C13H25NO4/c1-5-14-13(11-6-7-11,12(15)17-4)9-18-10(2)8-16-3/h10-11,14H,5-9H2,1-4H3. The topological polar surface area (TPSA) is 56.8 Å². The summed E-state index contributed by atoms with van der Waals surface area (Å²) in [6, 6.07) is 0. The van der Waals surface area contributed by atoms with Crippen LogP contribution in [-0.2, 0) is 19.0 Å². The molecule has 106 valence electrons. The van der Waals surface area contributed by atoms with E-state index in [0.29, 0.717) is 25.7 Å². The van der Waals surface area contributed by atoms with Crippen LogP contribution in [0.2, 0.25) is 0 Å². The normalized spacial score (nSPS) is 20.2. The molecule has 5 heteroatoms. The lowest BCUT2D eigenvalue weighted by atomic mass is 9.94. The van der Waals surface area contributed by atoms with E-state index in [4.69, 9.17) is 14.2 Å². The zero-order chi connectivity index (χ0) is 13.6. The van der Waals surface area contributed by atoms with Crippen molar-refractivity contribution >= 4 is 5.97 Å². The Labute approximate surface area is 109 Å². The molecule has 0 aliphatic heterocycles. The maximum absolute atomic E-state index is 12.1. The first-order valence-electron chi connectivity index (χ1n) is 6.54. The van der Waals surface area contributed by atoms with Gasteiger partial charge in [-0.2, -0.15) is 0 Å². The minimum atomic E-state index is -0.689. The molecule has 1 aliphatic carbocycles. The first-order chi connectivity index (χ1) is 8.60. The first-order valence-corrected chi connectivity index (χ1v) is 6.54. The van der Waals surface area contributed by atoms with Gasteiger partial charge in [0.15, 0.2) is 0 Å². The van der Waals surface area contributed by atoms with E-state index >= 15 is 0 Å². The summed E-state index contributed by atoms with van der Waals surface area (Å²) in [5, 5.41) is 3.27. The molecule has 1 rings (SSSR count). The molecule has 0 bridgehead atoms. The number of hydrogen-bond acceptors (Lipinski definition) is 5. The van der Waals surface area contributed by atoms with Crippen molar-refractivity contribution in [3.05, 3.63) is 0 Å². The number of likely N-dealkylation sites (N-methyl/N-ethyl adjacent to an activating group) is 1. The number of esters is 1. The van der Waals surface area contributed by atoms with Gasteiger partial charge in [-0.15, -0.1) is 0 Å². The highest BCUT2D eigenvalue weighted by Crippen LogP contribution is 2.40. The van der Waals surface area contributed by atoms with E-state index in [0.717, 1.165) is 12.8 Å². The van der Waals surface area contributed by atoms with Crippen LogP contribution < -0.4 is 5.32 Å². The highest BCUT2D eigenvalue weighted by Gasteiger charge is 2.51. The Morgan fingerprint density at radius 2 is 2.11 bits per heavy atom. The number of ether oxygens (including phenoxy) is 3. The second-order valence-electron chi connectivity index (χ2n) is 4.84. The van der Waals surface area contributed by atoms with Crippen LogP contribution in [0.4, 0.5) is 0 Å². The van der Waals surface area contributed by atoms with Gasteiger partial charge in [0.25, 0.3) is 0 Å². The van der Waals surface area contributed by atoms with E-state index in [1.54, 1.807) is 7.11 Å². The van der Waals surface area contributed by atoms with Crippen molar-refractivity contribution in [1.29, 1.82) is 0 Å². The quantitative estimate of drug-likeness (QED) is 0.625. The Bertz CT molecular complexity index is 268. The molecule has 0 spiro atoms. The number of carbonyl (C=O) groups is 1. The second-order valence-corrected chi connectivity index (χ2v) is 4.84. The Kier molecular flexibility index (Phi) is 6.05. The summed E-state index contributed by atoms with van der Waals surface area (Å²) in [5.74, 6) is 0.0936. The first kappa shape index (κ1) is 15.4. The van der Waals surface area contributed by atoms with Crippen LogP contribution in [0.1, 0.15) is 26.7 Å². The number of methoxy groups -OCH3 is 2. The molecule has 1 fully saturated rings. The molecule has 0 aromatic rings. The molecule has 0 amide bonds. The number of hydrogen-bond donors (Lipinski definition) is 1. The van der Waals surface area contributed by atoms with Crippen molar-refractivity contribution in [3.63, 3.8) is 0 Å². The van der Waals surface area contributed by atoms with Gasteiger partial charge in [-0.3, -0.25) is 5.32 Å². The number of carbonyl (C=O) groups excluding carboxylic acids is 1. The van der Waals surface area contributed by atoms with E-state index in [1.807, 2.05) is 13.8 Å². The van der Waals surface area contributed by atoms with Crippen molar-refractivity contribution < 1.29 is 19.0 Å². The zero-order valence-electron chi connectivity index (χ0n) is 11.8. The minimum absolute atomic E-state index is 0.0311. The molecule has 0 saturated heterocycles. The maximum Gasteiger partial charge on any atom is 0.328 e. The zero-order valence-corrected chi connectivity index (χ0v) is 11.8. The molecule has 0 heterocycles. The molecule has 0 aromatic carbocycles. The fourth-order valence-corrected chi connectivity index (χ4v) is 2.24. The smallest absolute Gasteiger partial charge is 0.328 e. The predicted octanol–water partition coefficient (Wildman–Crippen LogP) is 0.969. The molecule has 0 aromatic heterocycles. The lowest BCUT2D eigenvalue weighted by Gasteiger charge is -2.32. The van der Waals surface area contributed by atoms with Gasteiger partial charge in [-0.1, -0.05) is 6.92 Å². The average Bonchev–Trinajstić information content (AvgIpc) is 3.18. The molecule has 18 heavy (non-hydrogen) atoms. The monoisotopic (exact) mass is 259 g/mol. The van der Waals surface area contributed by atoms with E-state index in [-0.39, 0.29) is 12.1 Å². The Hall–Kier alpha value is -0.650. The fourth-order valence-electron chi connectivity index (χ4n) is 2.24. The Balaban J connectivity index is 2.66. The van der Waals surface area contributed by atoms with Crippen molar-refractivity contribution in [2.24, 2.45) is 5.92 Å². The molecular weight excluding hydrogens is 234 g/mol. The van der Waals surface area contributed by atoms with Crippen molar-refractivity contribution in [2.45, 2.75) is 38.3 Å². The minimum Gasteiger partial charge on any atom is -0.468 e. The van der Waals surface area contributed by atoms with Gasteiger partial charge in [0.1, 0.15) is 5.54 Å². The van der Waals surface area contributed by atoms with Gasteiger partial charge in [0, 0.05) is 7.11 Å². The number of rotatable bonds is 9. The van der Waals surface area contributed by atoms with Crippen LogP contribution in [0.3, 0.4) is 0 Å². The summed E-state index contributed by atoms with van der Waals surface area (Å²) in [6.45, 7) is 5.49. The highest BCUT2D eigenvalue weighted by atomic mass is 16.5. The van der Waals surface area contributed by atoms with Gasteiger partial charge < -0.3 is 14.2 Å². The van der Waals surface area contributed by atoms with Crippen LogP contribution in [0.25, 0.3) is 0 Å². The molecule has 1 aliphatic rings. The molecule has 2 atom stereocenters. The Morgan fingerprint density at radius 1 is 1.44 bits per heavy atom. The van der Waals surface area contributed by atoms with Gasteiger partial charge in [0.05, 0.1) is 26.4 Å². The summed E-state index contributed by atoms with van der Waals surface area (Å²) >= 11 is 0. The summed E-state index contributed by atoms with van der Waals surface area (Å²) in [4.78, 5) is 12.1. The lowest BCUT2D eigenvalue weighted by Crippen LogP contribution is -2.58. The van der Waals surface area contributed by atoms with Crippen molar-refractivity contribution in [3.8, 4) is 0 Å². The molecule has 1 N–H and O–H groups in total. The maximum atomic E-state index is 12.1. The van der Waals surface area contributed by atoms with Crippen LogP contribution in [0, 0.1) is 5.92 Å². The summed E-state index contributed by atoms with van der Waals surface area (Å²) in [7, 11) is 3.06. The summed E-state index contributed by atoms with van der Waals surface area (Å²) in [5.41, 5.74) is -0.689. The Morgan fingerprint density at radius 3 is 2.56 bits per heavy atom. The van der Waals surface area contributed by atoms with E-state index in [9.17, 15) is 4.79 Å². The molecule has 1 saturated carbocycles. The predicted molar refractivity (Wildman–Crippen MR) is 68.4 cm³/mol. The van der Waals surface area contributed by atoms with Crippen LogP contribution in [0.5, 0.6) is 0 Å². The van der Waals surface area contributed by atoms with Gasteiger partial charge >= 0.3 is 5.97 Å². The number of nitrogens with one attached hydrogen (secondary N) is 1. The fraction of sp³-hybridized carbons (Fsp3) is 0.923. The molecule has 0 radical (unpaired) electrons. The second kappa shape index (κ2) is 7.07. The van der Waals surface area contributed by atoms with Crippen LogP contribution >= 0.6 is 0 Å². The van der Waals surface area contributed by atoms with Crippen LogP contribution in [-0.4, -0.2) is 51.6 Å². The largest absolute Gasteiger partial charge is 0.468 e. The average molecular weight is 259 g/mol. The lowest BCUT2D eigenvalue weighted by molar-refractivity contribution is -0.154. The highest BCUT2D eigenvalue weighted by molar-refractivity contribution is 5.82. The third kappa shape index (κ3) is 3.67. The van der Waals surface area contributed by atoms with Crippen molar-refractivity contribution in [1.82, 2.24) is 5.32 Å². The van der Waals surface area contributed by atoms with E-state index in [1.165, 1.54) is 7.11 Å². The van der Waals surface area contributed by atoms with Crippen LogP contribution in [0.15, 0.2) is 0 Å². The van der Waals surface area contributed by atoms with Gasteiger partial charge in [-0.05, 0) is 32.2 Å². The summed E-state index contributed by atoms with van der Waals surface area (Å²) < 4.78 is 15.7. The van der Waals surface area contributed by atoms with E-state index in [2.05, 4.69) is 5.32 Å². The third-order valence-corrected chi connectivity index (χ3v) is 3.31. The molecule has 2 unspecified atom stereocenters. The van der Waals surface area contributed by atoms with Gasteiger partial charge in [-0.25, -0.2) is 4.79 Å². The summed E-state index contributed by atoms with van der Waals surface area (Å²) in [6.07, 6.45) is 2.06. The SMILES string of the molecule is CCNC(COC(C)COC)(C(=O)OC)C1CC1.